The van der Waals surface area contributed by atoms with E-state index in [0.717, 1.165) is 5.52 Å². The van der Waals surface area contributed by atoms with Crippen LogP contribution in [0.5, 0.6) is 0 Å². The second-order valence-corrected chi connectivity index (χ2v) is 7.67. The van der Waals surface area contributed by atoms with E-state index in [1.807, 2.05) is 0 Å². The van der Waals surface area contributed by atoms with Crippen molar-refractivity contribution in [2.24, 2.45) is 0 Å². The average molecular weight is 402 g/mol. The fraction of sp³-hybridized carbons (Fsp3) is 0.167. The first-order valence-electron chi connectivity index (χ1n) is 8.29. The van der Waals surface area contributed by atoms with Crippen LogP contribution in [0.25, 0.3) is 5.52 Å². The Balaban J connectivity index is 1.60. The monoisotopic (exact) mass is 402 g/mol. The van der Waals surface area contributed by atoms with Crippen molar-refractivity contribution in [1.29, 1.82) is 0 Å². The van der Waals surface area contributed by atoms with Crippen molar-refractivity contribution in [3.8, 4) is 0 Å². The first-order valence-corrected chi connectivity index (χ1v) is 9.94. The molecule has 0 fully saturated rings. The third kappa shape index (κ3) is 4.46. The highest BCUT2D eigenvalue weighted by Gasteiger charge is 2.18. The zero-order valence-electron chi connectivity index (χ0n) is 15.0. The number of anilines is 1. The standard InChI is InChI=1S/C18H18N4O5S/c1-27-18(24)16-5-3-2-4-15(16)17(23)19-9-11-28(25,26)21-13-7-10-22-14(12-13)6-8-20-22/h2-8,10,12,21H,9,11H2,1H3,(H,19,23). The van der Waals surface area contributed by atoms with Gasteiger partial charge in [-0.05, 0) is 30.3 Å². The molecule has 28 heavy (non-hydrogen) atoms. The molecular weight excluding hydrogens is 384 g/mol. The molecule has 2 aromatic heterocycles. The van der Waals surface area contributed by atoms with Gasteiger partial charge in [0.15, 0.2) is 0 Å². The van der Waals surface area contributed by atoms with Crippen molar-refractivity contribution in [3.05, 3.63) is 66.0 Å². The zero-order chi connectivity index (χ0) is 20.1. The van der Waals surface area contributed by atoms with Crippen LogP contribution < -0.4 is 10.0 Å². The Kier molecular flexibility index (Phi) is 5.59. The van der Waals surface area contributed by atoms with Gasteiger partial charge in [0.1, 0.15) is 0 Å². The third-order valence-electron chi connectivity index (χ3n) is 3.91. The molecule has 1 aromatic carbocycles. The first kappa shape index (κ1) is 19.4. The Morgan fingerprint density at radius 2 is 1.89 bits per heavy atom. The summed E-state index contributed by atoms with van der Waals surface area (Å²) in [7, 11) is -2.46. The zero-order valence-corrected chi connectivity index (χ0v) is 15.8. The predicted molar refractivity (Wildman–Crippen MR) is 103 cm³/mol. The van der Waals surface area contributed by atoms with Crippen LogP contribution in [-0.2, 0) is 14.8 Å². The second kappa shape index (κ2) is 8.09. The van der Waals surface area contributed by atoms with Crippen LogP contribution in [-0.4, -0.2) is 49.3 Å². The van der Waals surface area contributed by atoms with Gasteiger partial charge in [0.25, 0.3) is 5.91 Å². The summed E-state index contributed by atoms with van der Waals surface area (Å²) in [4.78, 5) is 24.0. The topological polar surface area (TPSA) is 119 Å². The van der Waals surface area contributed by atoms with Crippen LogP contribution in [0.15, 0.2) is 54.9 Å². The molecule has 0 saturated carbocycles. The molecule has 9 nitrogen and oxygen atoms in total. The molecule has 2 heterocycles. The number of sulfonamides is 1. The van der Waals surface area contributed by atoms with Crippen LogP contribution >= 0.6 is 0 Å². The van der Waals surface area contributed by atoms with E-state index < -0.39 is 21.9 Å². The van der Waals surface area contributed by atoms with Gasteiger partial charge in [-0.25, -0.2) is 17.7 Å². The molecule has 0 aliphatic carbocycles. The van der Waals surface area contributed by atoms with Crippen LogP contribution in [0.1, 0.15) is 20.7 Å². The minimum atomic E-state index is -3.68. The van der Waals surface area contributed by atoms with E-state index in [0.29, 0.717) is 5.69 Å². The number of carbonyl (C=O) groups is 2. The smallest absolute Gasteiger partial charge is 0.338 e. The van der Waals surface area contributed by atoms with Gasteiger partial charge < -0.3 is 10.1 Å². The molecule has 0 aliphatic rings. The van der Waals surface area contributed by atoms with E-state index in [1.54, 1.807) is 47.2 Å². The van der Waals surface area contributed by atoms with Gasteiger partial charge in [-0.1, -0.05) is 12.1 Å². The van der Waals surface area contributed by atoms with Crippen molar-refractivity contribution in [2.75, 3.05) is 24.1 Å². The number of ether oxygens (including phenoxy) is 1. The Labute approximate surface area is 161 Å². The fourth-order valence-electron chi connectivity index (χ4n) is 2.58. The highest BCUT2D eigenvalue weighted by atomic mass is 32.2. The number of nitrogens with one attached hydrogen (secondary N) is 2. The largest absolute Gasteiger partial charge is 0.465 e. The quantitative estimate of drug-likeness (QED) is 0.575. The van der Waals surface area contributed by atoms with Crippen LogP contribution in [0, 0.1) is 0 Å². The molecular formula is C18H18N4O5S. The summed E-state index contributed by atoms with van der Waals surface area (Å²) in [6, 6.07) is 11.1. The SMILES string of the molecule is COC(=O)c1ccccc1C(=O)NCCS(=O)(=O)Nc1ccn2nccc2c1. The number of hydrogen-bond acceptors (Lipinski definition) is 6. The lowest BCUT2D eigenvalue weighted by Gasteiger charge is -2.10. The van der Waals surface area contributed by atoms with E-state index >= 15 is 0 Å². The molecule has 2 N–H and O–H groups in total. The molecule has 0 spiro atoms. The molecule has 0 saturated heterocycles. The lowest BCUT2D eigenvalue weighted by atomic mass is 10.1. The minimum absolute atomic E-state index is 0.109. The van der Waals surface area contributed by atoms with Gasteiger partial charge in [0, 0.05) is 18.9 Å². The van der Waals surface area contributed by atoms with Crippen molar-refractivity contribution in [1.82, 2.24) is 14.9 Å². The molecule has 0 unspecified atom stereocenters. The van der Waals surface area contributed by atoms with E-state index in [-0.39, 0.29) is 23.4 Å². The van der Waals surface area contributed by atoms with Crippen molar-refractivity contribution in [3.63, 3.8) is 0 Å². The number of amides is 1. The number of esters is 1. The van der Waals surface area contributed by atoms with E-state index in [9.17, 15) is 18.0 Å². The number of pyridine rings is 1. The summed E-state index contributed by atoms with van der Waals surface area (Å²) in [5.41, 5.74) is 1.37. The maximum Gasteiger partial charge on any atom is 0.338 e. The molecule has 0 bridgehead atoms. The predicted octanol–water partition coefficient (Wildman–Crippen LogP) is 1.29. The van der Waals surface area contributed by atoms with E-state index in [1.165, 1.54) is 19.2 Å². The number of benzene rings is 1. The number of hydrogen-bond donors (Lipinski definition) is 2. The fourth-order valence-corrected chi connectivity index (χ4v) is 3.54. The number of methoxy groups -OCH3 is 1. The van der Waals surface area contributed by atoms with E-state index in [4.69, 9.17) is 0 Å². The number of fused-ring (bicyclic) bond motifs is 1. The Hall–Kier alpha value is -3.40. The summed E-state index contributed by atoms with van der Waals surface area (Å²) in [6.45, 7) is -0.126. The Bertz CT molecular complexity index is 1120. The Morgan fingerprint density at radius 3 is 2.64 bits per heavy atom. The number of nitrogens with zero attached hydrogens (tertiary/aromatic N) is 2. The van der Waals surface area contributed by atoms with Gasteiger partial charge in [-0.15, -0.1) is 0 Å². The maximum absolute atomic E-state index is 12.3. The van der Waals surface area contributed by atoms with Gasteiger partial charge in [0.2, 0.25) is 10.0 Å². The molecule has 0 atom stereocenters. The molecule has 0 aliphatic heterocycles. The number of carbonyl (C=O) groups excluding carboxylic acids is 2. The van der Waals surface area contributed by atoms with Crippen LogP contribution in [0.2, 0.25) is 0 Å². The normalized spacial score (nSPS) is 11.2. The molecule has 3 aromatic rings. The van der Waals surface area contributed by atoms with Crippen molar-refractivity contribution in [2.45, 2.75) is 0 Å². The maximum atomic E-state index is 12.3. The summed E-state index contributed by atoms with van der Waals surface area (Å²) in [6.07, 6.45) is 3.24. The van der Waals surface area contributed by atoms with Gasteiger partial charge >= 0.3 is 5.97 Å². The van der Waals surface area contributed by atoms with Crippen molar-refractivity contribution >= 4 is 33.1 Å². The van der Waals surface area contributed by atoms with Crippen LogP contribution in [0.3, 0.4) is 0 Å². The highest BCUT2D eigenvalue weighted by Crippen LogP contribution is 2.13. The molecule has 3 rings (SSSR count). The lowest BCUT2D eigenvalue weighted by molar-refractivity contribution is 0.0596. The second-order valence-electron chi connectivity index (χ2n) is 5.83. The molecule has 0 radical (unpaired) electrons. The van der Waals surface area contributed by atoms with Gasteiger partial charge in [-0.3, -0.25) is 9.52 Å². The molecule has 10 heteroatoms. The summed E-state index contributed by atoms with van der Waals surface area (Å²) < 4.78 is 33.2. The summed E-state index contributed by atoms with van der Waals surface area (Å²) >= 11 is 0. The van der Waals surface area contributed by atoms with Gasteiger partial charge in [-0.2, -0.15) is 5.10 Å². The van der Waals surface area contributed by atoms with Crippen molar-refractivity contribution < 1.29 is 22.7 Å². The summed E-state index contributed by atoms with van der Waals surface area (Å²) in [5.74, 6) is -1.53. The van der Waals surface area contributed by atoms with Gasteiger partial charge in [0.05, 0.1) is 35.2 Å². The highest BCUT2D eigenvalue weighted by molar-refractivity contribution is 7.92. The molecule has 146 valence electrons. The first-order chi connectivity index (χ1) is 13.4. The van der Waals surface area contributed by atoms with E-state index in [2.05, 4.69) is 19.9 Å². The number of aromatic nitrogens is 2. The third-order valence-corrected chi connectivity index (χ3v) is 5.19. The van der Waals surface area contributed by atoms with Crippen LogP contribution in [0.4, 0.5) is 5.69 Å². The summed E-state index contributed by atoms with van der Waals surface area (Å²) in [5, 5.41) is 6.54. The lowest BCUT2D eigenvalue weighted by Crippen LogP contribution is -2.32. The average Bonchev–Trinajstić information content (AvgIpc) is 3.14. The number of rotatable bonds is 7. The molecule has 1 amide bonds. The Morgan fingerprint density at radius 1 is 1.14 bits per heavy atom. The minimum Gasteiger partial charge on any atom is -0.465 e.